The van der Waals surface area contributed by atoms with Crippen molar-refractivity contribution in [3.63, 3.8) is 0 Å². The van der Waals surface area contributed by atoms with E-state index in [2.05, 4.69) is 40.1 Å². The molecule has 0 aromatic carbocycles. The number of aromatic nitrogens is 1. The topological polar surface area (TPSA) is 34.2 Å². The maximum absolute atomic E-state index is 5.97. The first-order chi connectivity index (χ1) is 8.52. The molecule has 2 heterocycles. The molecule has 0 spiro atoms. The number of hydrogen-bond donors (Lipinski definition) is 1. The number of pyridine rings is 1. The quantitative estimate of drug-likeness (QED) is 0.839. The van der Waals surface area contributed by atoms with Gasteiger partial charge in [0.05, 0.1) is 16.3 Å². The minimum absolute atomic E-state index is 0.0194. The summed E-state index contributed by atoms with van der Waals surface area (Å²) in [5.74, 6) is 0. The van der Waals surface area contributed by atoms with Crippen LogP contribution in [0.2, 0.25) is 5.02 Å². The zero-order chi connectivity index (χ0) is 13.2. The van der Waals surface area contributed by atoms with E-state index in [0.29, 0.717) is 11.1 Å². The van der Waals surface area contributed by atoms with Gasteiger partial charge in [0.15, 0.2) is 0 Å². The lowest BCUT2D eigenvalue weighted by molar-refractivity contribution is -0.0708. The molecular weight excluding hydrogens is 316 g/mol. The number of hydrogen-bond acceptors (Lipinski definition) is 3. The van der Waals surface area contributed by atoms with Gasteiger partial charge in [-0.3, -0.25) is 0 Å². The molecule has 2 rings (SSSR count). The first-order valence-electron chi connectivity index (χ1n) is 6.24. The van der Waals surface area contributed by atoms with Gasteiger partial charge in [0.25, 0.3) is 0 Å². The molecule has 0 saturated carbocycles. The maximum atomic E-state index is 5.97. The second-order valence-corrected chi connectivity index (χ2v) is 6.17. The van der Waals surface area contributed by atoms with Gasteiger partial charge in [0.1, 0.15) is 4.60 Å². The fourth-order valence-electron chi connectivity index (χ4n) is 2.24. The molecule has 1 N–H and O–H groups in total. The van der Waals surface area contributed by atoms with Crippen LogP contribution >= 0.6 is 27.5 Å². The van der Waals surface area contributed by atoms with Crippen LogP contribution in [0.1, 0.15) is 33.1 Å². The Labute approximate surface area is 121 Å². The summed E-state index contributed by atoms with van der Waals surface area (Å²) in [4.78, 5) is 4.19. The standard InChI is InChI=1S/C13H18BrClN2O/c1-3-13(2)7-10(4-5-18-13)17-11-6-9(15)8-16-12(11)14/h6,8,10,17H,3-5,7H2,1-2H3. The maximum Gasteiger partial charge on any atom is 0.129 e. The van der Waals surface area contributed by atoms with Crippen LogP contribution < -0.4 is 5.32 Å². The van der Waals surface area contributed by atoms with Gasteiger partial charge in [-0.25, -0.2) is 4.98 Å². The average molecular weight is 334 g/mol. The monoisotopic (exact) mass is 332 g/mol. The minimum Gasteiger partial charge on any atom is -0.380 e. The average Bonchev–Trinajstić information content (AvgIpc) is 2.34. The molecule has 18 heavy (non-hydrogen) atoms. The number of anilines is 1. The van der Waals surface area contributed by atoms with Crippen LogP contribution in [0.5, 0.6) is 0 Å². The largest absolute Gasteiger partial charge is 0.380 e. The zero-order valence-electron chi connectivity index (χ0n) is 10.7. The molecule has 0 aliphatic carbocycles. The van der Waals surface area contributed by atoms with E-state index in [1.807, 2.05) is 6.07 Å². The van der Waals surface area contributed by atoms with Crippen molar-refractivity contribution in [3.8, 4) is 0 Å². The van der Waals surface area contributed by atoms with Crippen molar-refractivity contribution in [3.05, 3.63) is 21.9 Å². The van der Waals surface area contributed by atoms with Crippen LogP contribution in [-0.2, 0) is 4.74 Å². The van der Waals surface area contributed by atoms with E-state index >= 15 is 0 Å². The van der Waals surface area contributed by atoms with E-state index in [1.54, 1.807) is 6.20 Å². The van der Waals surface area contributed by atoms with Crippen molar-refractivity contribution < 1.29 is 4.74 Å². The smallest absolute Gasteiger partial charge is 0.129 e. The van der Waals surface area contributed by atoms with Gasteiger partial charge in [-0.2, -0.15) is 0 Å². The lowest BCUT2D eigenvalue weighted by Gasteiger charge is -2.38. The summed E-state index contributed by atoms with van der Waals surface area (Å²) in [6.45, 7) is 5.14. The predicted octanol–water partition coefficient (Wildman–Crippen LogP) is 4.26. The first kappa shape index (κ1) is 14.1. The summed E-state index contributed by atoms with van der Waals surface area (Å²) < 4.78 is 6.65. The van der Waals surface area contributed by atoms with Crippen LogP contribution in [0.25, 0.3) is 0 Å². The molecule has 1 aliphatic rings. The third-order valence-electron chi connectivity index (χ3n) is 3.51. The Hall–Kier alpha value is -0.320. The number of nitrogens with zero attached hydrogens (tertiary/aromatic N) is 1. The second kappa shape index (κ2) is 5.76. The molecule has 5 heteroatoms. The van der Waals surface area contributed by atoms with E-state index in [1.165, 1.54) is 0 Å². The van der Waals surface area contributed by atoms with Gasteiger partial charge in [0, 0.05) is 18.8 Å². The summed E-state index contributed by atoms with van der Waals surface area (Å²) >= 11 is 9.41. The summed E-state index contributed by atoms with van der Waals surface area (Å²) in [7, 11) is 0. The third kappa shape index (κ3) is 3.37. The summed E-state index contributed by atoms with van der Waals surface area (Å²) in [6.07, 6.45) is 4.67. The highest BCUT2D eigenvalue weighted by Crippen LogP contribution is 2.31. The fraction of sp³-hybridized carbons (Fsp3) is 0.615. The Morgan fingerprint density at radius 3 is 3.17 bits per heavy atom. The third-order valence-corrected chi connectivity index (χ3v) is 4.35. The van der Waals surface area contributed by atoms with Crippen molar-refractivity contribution in [2.75, 3.05) is 11.9 Å². The number of nitrogens with one attached hydrogen (secondary N) is 1. The molecule has 100 valence electrons. The highest BCUT2D eigenvalue weighted by atomic mass is 79.9. The van der Waals surface area contributed by atoms with Crippen LogP contribution in [-0.4, -0.2) is 23.2 Å². The Bertz CT molecular complexity index is 429. The molecule has 1 aromatic heterocycles. The summed E-state index contributed by atoms with van der Waals surface area (Å²) in [5.41, 5.74) is 0.932. The minimum atomic E-state index is -0.0194. The molecule has 1 aromatic rings. The number of ether oxygens (including phenoxy) is 1. The van der Waals surface area contributed by atoms with Gasteiger partial charge in [0.2, 0.25) is 0 Å². The second-order valence-electron chi connectivity index (χ2n) is 4.98. The van der Waals surface area contributed by atoms with E-state index in [0.717, 1.165) is 36.2 Å². The fourth-order valence-corrected chi connectivity index (χ4v) is 2.73. The van der Waals surface area contributed by atoms with E-state index in [-0.39, 0.29) is 5.60 Å². The molecule has 1 saturated heterocycles. The van der Waals surface area contributed by atoms with Crippen molar-refractivity contribution in [1.82, 2.24) is 4.98 Å². The van der Waals surface area contributed by atoms with Crippen LogP contribution in [0.3, 0.4) is 0 Å². The van der Waals surface area contributed by atoms with Gasteiger partial charge >= 0.3 is 0 Å². The molecule has 1 aliphatic heterocycles. The highest BCUT2D eigenvalue weighted by molar-refractivity contribution is 9.10. The number of halogens is 2. The van der Waals surface area contributed by atoms with E-state index in [4.69, 9.17) is 16.3 Å². The van der Waals surface area contributed by atoms with Gasteiger partial charge in [-0.05, 0) is 48.2 Å². The molecule has 3 nitrogen and oxygen atoms in total. The SMILES string of the molecule is CCC1(C)CC(Nc2cc(Cl)cnc2Br)CCO1. The molecule has 2 atom stereocenters. The highest BCUT2D eigenvalue weighted by Gasteiger charge is 2.31. The van der Waals surface area contributed by atoms with Crippen LogP contribution in [0.4, 0.5) is 5.69 Å². The number of rotatable bonds is 3. The normalized spacial score (nSPS) is 28.1. The summed E-state index contributed by atoms with van der Waals surface area (Å²) in [5, 5.41) is 4.15. The first-order valence-corrected chi connectivity index (χ1v) is 7.41. The molecule has 1 fully saturated rings. The molecule has 2 unspecified atom stereocenters. The lowest BCUT2D eigenvalue weighted by Crippen LogP contribution is -2.41. The molecule has 0 radical (unpaired) electrons. The van der Waals surface area contributed by atoms with E-state index < -0.39 is 0 Å². The summed E-state index contributed by atoms with van der Waals surface area (Å²) in [6, 6.07) is 2.30. The van der Waals surface area contributed by atoms with Crippen molar-refractivity contribution in [2.24, 2.45) is 0 Å². The Balaban J connectivity index is 2.07. The van der Waals surface area contributed by atoms with Crippen LogP contribution in [0.15, 0.2) is 16.9 Å². The molecule has 0 bridgehead atoms. The van der Waals surface area contributed by atoms with Crippen LogP contribution in [0, 0.1) is 0 Å². The van der Waals surface area contributed by atoms with Crippen molar-refractivity contribution in [1.29, 1.82) is 0 Å². The van der Waals surface area contributed by atoms with Crippen molar-refractivity contribution >= 4 is 33.2 Å². The van der Waals surface area contributed by atoms with Gasteiger partial charge in [-0.1, -0.05) is 18.5 Å². The Kier molecular flexibility index (Phi) is 4.51. The van der Waals surface area contributed by atoms with Gasteiger partial charge < -0.3 is 10.1 Å². The Morgan fingerprint density at radius 2 is 2.44 bits per heavy atom. The van der Waals surface area contributed by atoms with Crippen molar-refractivity contribution in [2.45, 2.75) is 44.8 Å². The zero-order valence-corrected chi connectivity index (χ0v) is 13.0. The Morgan fingerprint density at radius 1 is 1.67 bits per heavy atom. The predicted molar refractivity (Wildman–Crippen MR) is 78.2 cm³/mol. The lowest BCUT2D eigenvalue weighted by atomic mass is 9.90. The molecule has 0 amide bonds. The van der Waals surface area contributed by atoms with E-state index in [9.17, 15) is 0 Å². The molecular formula is C13H18BrClN2O. The van der Waals surface area contributed by atoms with Gasteiger partial charge in [-0.15, -0.1) is 0 Å².